The number of hydrogen-bond acceptors (Lipinski definition) is 5. The predicted octanol–water partition coefficient (Wildman–Crippen LogP) is 4.49. The summed E-state index contributed by atoms with van der Waals surface area (Å²) in [5, 5.41) is 2.65. The molecule has 0 aliphatic heterocycles. The summed E-state index contributed by atoms with van der Waals surface area (Å²) in [6.07, 6.45) is 1.07. The highest BCUT2D eigenvalue weighted by atomic mass is 16.6. The van der Waals surface area contributed by atoms with Crippen molar-refractivity contribution in [2.45, 2.75) is 0 Å². The predicted molar refractivity (Wildman–Crippen MR) is 93.4 cm³/mol. The first-order valence-electron chi connectivity index (χ1n) is 7.55. The number of pyridine rings is 1. The van der Waals surface area contributed by atoms with Gasteiger partial charge in [-0.05, 0) is 54.6 Å². The van der Waals surface area contributed by atoms with E-state index in [9.17, 15) is 4.79 Å². The monoisotopic (exact) mass is 336 g/mol. The van der Waals surface area contributed by atoms with Gasteiger partial charge in [0, 0.05) is 18.0 Å². The van der Waals surface area contributed by atoms with E-state index in [-0.39, 0.29) is 0 Å². The molecule has 6 nitrogen and oxygen atoms in total. The zero-order valence-corrected chi connectivity index (χ0v) is 13.5. The molecule has 1 N–H and O–H groups in total. The second-order valence-corrected chi connectivity index (χ2v) is 4.98. The van der Waals surface area contributed by atoms with Gasteiger partial charge < -0.3 is 14.2 Å². The molecule has 0 saturated heterocycles. The molecule has 6 heteroatoms. The average Bonchev–Trinajstić information content (AvgIpc) is 2.65. The normalized spacial score (nSPS) is 9.96. The third-order valence-corrected chi connectivity index (χ3v) is 3.23. The van der Waals surface area contributed by atoms with E-state index in [1.807, 2.05) is 12.1 Å². The molecule has 0 bridgehead atoms. The van der Waals surface area contributed by atoms with Gasteiger partial charge in [-0.1, -0.05) is 6.07 Å². The van der Waals surface area contributed by atoms with Crippen molar-refractivity contribution in [1.29, 1.82) is 0 Å². The number of amides is 1. The fraction of sp³-hybridized carbons (Fsp3) is 0.0526. The molecule has 0 unspecified atom stereocenters. The van der Waals surface area contributed by atoms with Gasteiger partial charge in [0.05, 0.1) is 7.11 Å². The number of aromatic nitrogens is 1. The van der Waals surface area contributed by atoms with E-state index in [2.05, 4.69) is 10.3 Å². The van der Waals surface area contributed by atoms with Crippen LogP contribution in [0.25, 0.3) is 0 Å². The van der Waals surface area contributed by atoms with Gasteiger partial charge >= 0.3 is 6.09 Å². The van der Waals surface area contributed by atoms with Crippen LogP contribution in [-0.2, 0) is 0 Å². The fourth-order valence-electron chi connectivity index (χ4n) is 2.03. The lowest BCUT2D eigenvalue weighted by Crippen LogP contribution is -2.16. The Morgan fingerprint density at radius 1 is 0.880 bits per heavy atom. The average molecular weight is 336 g/mol. The van der Waals surface area contributed by atoms with Gasteiger partial charge in [0.2, 0.25) is 5.88 Å². The number of carbonyl (C=O) groups excluding carboxylic acids is 1. The first-order valence-corrected chi connectivity index (χ1v) is 7.55. The summed E-state index contributed by atoms with van der Waals surface area (Å²) in [7, 11) is 1.57. The molecule has 0 atom stereocenters. The molecule has 25 heavy (non-hydrogen) atoms. The molecular weight excluding hydrogens is 320 g/mol. The molecule has 0 saturated carbocycles. The molecule has 0 aliphatic rings. The van der Waals surface area contributed by atoms with E-state index < -0.39 is 6.09 Å². The molecule has 3 rings (SSSR count). The summed E-state index contributed by atoms with van der Waals surface area (Å²) < 4.78 is 15.8. The van der Waals surface area contributed by atoms with Crippen LogP contribution in [0.4, 0.5) is 10.5 Å². The van der Waals surface area contributed by atoms with Gasteiger partial charge in [-0.3, -0.25) is 5.32 Å². The smallest absolute Gasteiger partial charge is 0.417 e. The Labute approximate surface area is 145 Å². The minimum absolute atomic E-state index is 0.424. The second-order valence-electron chi connectivity index (χ2n) is 4.98. The largest absolute Gasteiger partial charge is 0.497 e. The molecule has 3 aromatic rings. The van der Waals surface area contributed by atoms with E-state index in [4.69, 9.17) is 14.2 Å². The van der Waals surface area contributed by atoms with Crippen LogP contribution in [0, 0.1) is 0 Å². The van der Waals surface area contributed by atoms with Crippen molar-refractivity contribution in [3.05, 3.63) is 72.9 Å². The maximum atomic E-state index is 11.9. The van der Waals surface area contributed by atoms with E-state index in [0.717, 1.165) is 0 Å². The lowest BCUT2D eigenvalue weighted by Gasteiger charge is -2.08. The van der Waals surface area contributed by atoms with Crippen molar-refractivity contribution in [2.24, 2.45) is 0 Å². The Kier molecular flexibility index (Phi) is 5.11. The van der Waals surface area contributed by atoms with Crippen LogP contribution >= 0.6 is 0 Å². The maximum absolute atomic E-state index is 11.9. The Hall–Kier alpha value is -3.54. The van der Waals surface area contributed by atoms with Crippen LogP contribution in [0.2, 0.25) is 0 Å². The lowest BCUT2D eigenvalue weighted by atomic mass is 10.3. The number of hydrogen-bond donors (Lipinski definition) is 1. The van der Waals surface area contributed by atoms with E-state index in [1.165, 1.54) is 0 Å². The Balaban J connectivity index is 1.56. The molecule has 1 aromatic heterocycles. The van der Waals surface area contributed by atoms with Crippen molar-refractivity contribution in [1.82, 2.24) is 4.98 Å². The summed E-state index contributed by atoms with van der Waals surface area (Å²) in [4.78, 5) is 16.0. The second kappa shape index (κ2) is 7.83. The molecule has 0 radical (unpaired) electrons. The topological polar surface area (TPSA) is 69.7 Å². The summed E-state index contributed by atoms with van der Waals surface area (Å²) in [5.41, 5.74) is 0.590. The minimum atomic E-state index is -0.580. The van der Waals surface area contributed by atoms with Crippen LogP contribution in [0.5, 0.6) is 23.1 Å². The summed E-state index contributed by atoms with van der Waals surface area (Å²) in [6.45, 7) is 0. The zero-order chi connectivity index (χ0) is 17.5. The van der Waals surface area contributed by atoms with Crippen molar-refractivity contribution in [2.75, 3.05) is 12.4 Å². The van der Waals surface area contributed by atoms with Gasteiger partial charge in [-0.2, -0.15) is 0 Å². The summed E-state index contributed by atoms with van der Waals surface area (Å²) in [5.74, 6) is 2.24. The minimum Gasteiger partial charge on any atom is -0.497 e. The number of nitrogens with one attached hydrogen (secondary N) is 1. The molecule has 2 aromatic carbocycles. The Bertz CT molecular complexity index is 818. The quantitative estimate of drug-likeness (QED) is 0.743. The molecule has 0 fully saturated rings. The van der Waals surface area contributed by atoms with E-state index >= 15 is 0 Å². The zero-order valence-electron chi connectivity index (χ0n) is 13.5. The van der Waals surface area contributed by atoms with Crippen LogP contribution in [0.3, 0.4) is 0 Å². The Morgan fingerprint density at radius 3 is 2.20 bits per heavy atom. The van der Waals surface area contributed by atoms with Crippen LogP contribution in [-0.4, -0.2) is 18.2 Å². The van der Waals surface area contributed by atoms with Crippen LogP contribution in [0.15, 0.2) is 72.9 Å². The van der Waals surface area contributed by atoms with Crippen molar-refractivity contribution in [3.63, 3.8) is 0 Å². The molecule has 1 heterocycles. The third-order valence-electron chi connectivity index (χ3n) is 3.23. The molecule has 0 aliphatic carbocycles. The van der Waals surface area contributed by atoms with Gasteiger partial charge in [0.15, 0.2) is 0 Å². The van der Waals surface area contributed by atoms with Crippen molar-refractivity contribution >= 4 is 11.8 Å². The standard InChI is InChI=1S/C19H16N2O4/c1-23-15-9-11-17(12-10-15)25-19(22)21-14-5-7-16(8-6-14)24-18-4-2-3-13-20-18/h2-13H,1H3,(H,21,22). The van der Waals surface area contributed by atoms with Crippen LogP contribution in [0.1, 0.15) is 0 Å². The molecular formula is C19H16N2O4. The highest BCUT2D eigenvalue weighted by Crippen LogP contribution is 2.22. The number of nitrogens with zero attached hydrogens (tertiary/aromatic N) is 1. The first kappa shape index (κ1) is 16.3. The number of methoxy groups -OCH3 is 1. The lowest BCUT2D eigenvalue weighted by molar-refractivity contribution is 0.215. The first-order chi connectivity index (χ1) is 12.2. The number of ether oxygens (including phenoxy) is 3. The molecule has 0 spiro atoms. The number of anilines is 1. The maximum Gasteiger partial charge on any atom is 0.417 e. The Morgan fingerprint density at radius 2 is 1.56 bits per heavy atom. The van der Waals surface area contributed by atoms with Gasteiger partial charge in [0.25, 0.3) is 0 Å². The fourth-order valence-corrected chi connectivity index (χ4v) is 2.03. The highest BCUT2D eigenvalue weighted by molar-refractivity contribution is 5.86. The van der Waals surface area contributed by atoms with Crippen molar-refractivity contribution in [3.8, 4) is 23.1 Å². The SMILES string of the molecule is COc1ccc(OC(=O)Nc2ccc(Oc3ccccn3)cc2)cc1. The molecule has 1 amide bonds. The van der Waals surface area contributed by atoms with Gasteiger partial charge in [0.1, 0.15) is 17.2 Å². The number of rotatable bonds is 5. The number of carbonyl (C=O) groups is 1. The molecule has 126 valence electrons. The number of benzene rings is 2. The third kappa shape index (κ3) is 4.71. The van der Waals surface area contributed by atoms with Gasteiger partial charge in [-0.15, -0.1) is 0 Å². The van der Waals surface area contributed by atoms with E-state index in [1.54, 1.807) is 67.9 Å². The van der Waals surface area contributed by atoms with E-state index in [0.29, 0.717) is 28.8 Å². The van der Waals surface area contributed by atoms with Gasteiger partial charge in [-0.25, -0.2) is 9.78 Å². The van der Waals surface area contributed by atoms with Crippen molar-refractivity contribution < 1.29 is 19.0 Å². The summed E-state index contributed by atoms with van der Waals surface area (Å²) in [6, 6.07) is 19.1. The van der Waals surface area contributed by atoms with Crippen LogP contribution < -0.4 is 19.5 Å². The summed E-state index contributed by atoms with van der Waals surface area (Å²) >= 11 is 0. The highest BCUT2D eigenvalue weighted by Gasteiger charge is 2.06.